The van der Waals surface area contributed by atoms with Crippen LogP contribution in [0.15, 0.2) is 50.9 Å². The number of nitrogens with one attached hydrogen (secondary N) is 1. The van der Waals surface area contributed by atoms with E-state index in [-0.39, 0.29) is 5.69 Å². The van der Waals surface area contributed by atoms with Gasteiger partial charge in [-0.1, -0.05) is 0 Å². The van der Waals surface area contributed by atoms with Gasteiger partial charge in [-0.2, -0.15) is 0 Å². The number of hydrogen-bond acceptors (Lipinski definition) is 6. The van der Waals surface area contributed by atoms with Gasteiger partial charge in [0.25, 0.3) is 10.0 Å². The molecule has 0 saturated carbocycles. The number of aliphatic imine (C=N–C) groups is 1. The molecule has 162 valence electrons. The second kappa shape index (κ2) is 7.35. The Labute approximate surface area is 171 Å². The zero-order valence-electron chi connectivity index (χ0n) is 15.1. The molecule has 13 heteroatoms. The molecule has 7 nitrogen and oxygen atoms in total. The molecule has 0 bridgehead atoms. The summed E-state index contributed by atoms with van der Waals surface area (Å²) < 4.78 is 99.1. The van der Waals surface area contributed by atoms with Gasteiger partial charge in [-0.3, -0.25) is 4.72 Å². The Morgan fingerprint density at radius 1 is 0.935 bits per heavy atom. The maximum absolute atomic E-state index is 13.9. The predicted octanol–water partition coefficient (Wildman–Crippen LogP) is 3.91. The maximum atomic E-state index is 13.9. The van der Waals surface area contributed by atoms with Crippen LogP contribution in [-0.4, -0.2) is 14.8 Å². The van der Waals surface area contributed by atoms with Crippen molar-refractivity contribution in [1.29, 1.82) is 0 Å². The van der Waals surface area contributed by atoms with Gasteiger partial charge in [-0.25, -0.2) is 35.4 Å². The van der Waals surface area contributed by atoms with Crippen LogP contribution >= 0.6 is 0 Å². The predicted molar refractivity (Wildman–Crippen MR) is 99.7 cm³/mol. The van der Waals surface area contributed by atoms with Crippen LogP contribution in [0, 0.1) is 29.1 Å². The minimum absolute atomic E-state index is 0.195. The third kappa shape index (κ3) is 3.41. The number of anilines is 2. The highest BCUT2D eigenvalue weighted by Gasteiger charge is 2.33. The third-order valence-electron chi connectivity index (χ3n) is 4.45. The molecule has 2 aromatic carbocycles. The van der Waals surface area contributed by atoms with Gasteiger partial charge in [0.15, 0.2) is 28.2 Å². The van der Waals surface area contributed by atoms with Crippen LogP contribution < -0.4 is 15.4 Å². The van der Waals surface area contributed by atoms with Crippen molar-refractivity contribution in [3.8, 4) is 0 Å². The first kappa shape index (κ1) is 20.8. The van der Waals surface area contributed by atoms with E-state index in [1.807, 2.05) is 0 Å². The highest BCUT2D eigenvalue weighted by molar-refractivity contribution is 7.92. The molecule has 0 radical (unpaired) electrons. The minimum Gasteiger partial charge on any atom is -0.446 e. The van der Waals surface area contributed by atoms with Gasteiger partial charge in [0.1, 0.15) is 12.5 Å². The fraction of sp³-hybridized carbons (Fsp3) is 0.0556. The summed E-state index contributed by atoms with van der Waals surface area (Å²) in [7, 11) is -5.14. The number of rotatable bonds is 4. The van der Waals surface area contributed by atoms with Crippen LogP contribution in [0.2, 0.25) is 0 Å². The number of nitrogens with two attached hydrogens (primary N) is 1. The molecule has 0 fully saturated rings. The van der Waals surface area contributed by atoms with Gasteiger partial charge in [-0.05, 0) is 30.3 Å². The standard InChI is InChI=1S/C18H11F5N4O3S/c19-11-12(20)14(22)16(15(23)13(11)21)31(28,29)26-8-1-3-9(4-2-8)27-7-25-18-10(17(27)24)5-6-30-18/h1-7,17,26H,24H2. The van der Waals surface area contributed by atoms with Crippen LogP contribution in [0.25, 0.3) is 0 Å². The van der Waals surface area contributed by atoms with E-state index < -0.39 is 50.2 Å². The molecule has 0 aliphatic carbocycles. The van der Waals surface area contributed by atoms with Crippen molar-refractivity contribution in [3.63, 3.8) is 0 Å². The SMILES string of the molecule is NC1c2ccoc2N=CN1c1ccc(NS(=O)(=O)c2c(F)c(F)c(F)c(F)c2F)cc1. The fourth-order valence-electron chi connectivity index (χ4n) is 2.93. The highest BCUT2D eigenvalue weighted by Crippen LogP contribution is 2.34. The van der Waals surface area contributed by atoms with Gasteiger partial charge >= 0.3 is 0 Å². The number of benzene rings is 2. The topological polar surface area (TPSA) is 101 Å². The molecule has 0 spiro atoms. The normalized spacial score (nSPS) is 15.8. The number of fused-ring (bicyclic) bond motifs is 1. The number of nitrogens with zero attached hydrogens (tertiary/aromatic N) is 2. The van der Waals surface area contributed by atoms with E-state index in [0.717, 1.165) is 0 Å². The lowest BCUT2D eigenvalue weighted by Gasteiger charge is -2.29. The van der Waals surface area contributed by atoms with Crippen LogP contribution in [0.4, 0.5) is 39.2 Å². The van der Waals surface area contributed by atoms with E-state index in [1.54, 1.807) is 15.7 Å². The fourth-order valence-corrected chi connectivity index (χ4v) is 4.13. The minimum atomic E-state index is -5.14. The molecule has 3 N–H and O–H groups in total. The quantitative estimate of drug-likeness (QED) is 0.351. The lowest BCUT2D eigenvalue weighted by Crippen LogP contribution is -2.35. The largest absolute Gasteiger partial charge is 0.446 e. The summed E-state index contributed by atoms with van der Waals surface area (Å²) in [4.78, 5) is 3.64. The van der Waals surface area contributed by atoms with Crippen molar-refractivity contribution in [2.75, 3.05) is 9.62 Å². The van der Waals surface area contributed by atoms with E-state index in [9.17, 15) is 30.4 Å². The van der Waals surface area contributed by atoms with Gasteiger partial charge in [-0.15, -0.1) is 0 Å². The summed E-state index contributed by atoms with van der Waals surface area (Å²) in [6.45, 7) is 0. The Bertz CT molecular complexity index is 1280. The van der Waals surface area contributed by atoms with Crippen molar-refractivity contribution >= 4 is 33.6 Å². The molecular weight excluding hydrogens is 447 g/mol. The molecule has 0 amide bonds. The molecule has 31 heavy (non-hydrogen) atoms. The molecule has 1 aliphatic rings. The molecular formula is C18H11F5N4O3S. The summed E-state index contributed by atoms with van der Waals surface area (Å²) in [5, 5.41) is 0. The second-order valence-electron chi connectivity index (χ2n) is 6.33. The molecule has 1 unspecified atom stereocenters. The first-order chi connectivity index (χ1) is 14.6. The van der Waals surface area contributed by atoms with Crippen molar-refractivity contribution in [1.82, 2.24) is 0 Å². The average Bonchev–Trinajstić information content (AvgIpc) is 3.21. The lowest BCUT2D eigenvalue weighted by atomic mass is 10.2. The van der Waals surface area contributed by atoms with Crippen LogP contribution in [0.1, 0.15) is 11.7 Å². The van der Waals surface area contributed by atoms with Crippen molar-refractivity contribution < 1.29 is 34.8 Å². The smallest absolute Gasteiger partial charge is 0.267 e. The molecule has 1 aliphatic heterocycles. The molecule has 1 atom stereocenters. The maximum Gasteiger partial charge on any atom is 0.267 e. The Hall–Kier alpha value is -3.45. The summed E-state index contributed by atoms with van der Waals surface area (Å²) >= 11 is 0. The van der Waals surface area contributed by atoms with Gasteiger partial charge in [0.2, 0.25) is 11.7 Å². The molecule has 4 rings (SSSR count). The zero-order valence-corrected chi connectivity index (χ0v) is 15.9. The Morgan fingerprint density at radius 3 is 2.13 bits per heavy atom. The number of sulfonamides is 1. The Kier molecular flexibility index (Phi) is 4.94. The van der Waals surface area contributed by atoms with Gasteiger partial charge in [0.05, 0.1) is 11.8 Å². The molecule has 3 aromatic rings. The zero-order chi connectivity index (χ0) is 22.5. The van der Waals surface area contributed by atoms with E-state index in [4.69, 9.17) is 10.2 Å². The van der Waals surface area contributed by atoms with E-state index in [0.29, 0.717) is 17.1 Å². The first-order valence-corrected chi connectivity index (χ1v) is 9.90. The Balaban J connectivity index is 1.62. The summed E-state index contributed by atoms with van der Waals surface area (Å²) in [5.74, 6) is -11.8. The van der Waals surface area contributed by atoms with E-state index in [2.05, 4.69) is 4.99 Å². The highest BCUT2D eigenvalue weighted by atomic mass is 32.2. The third-order valence-corrected chi connectivity index (χ3v) is 5.85. The monoisotopic (exact) mass is 458 g/mol. The molecule has 1 aromatic heterocycles. The summed E-state index contributed by atoms with van der Waals surface area (Å²) in [5.41, 5.74) is 7.02. The number of furan rings is 1. The first-order valence-electron chi connectivity index (χ1n) is 8.41. The van der Waals surface area contributed by atoms with Crippen LogP contribution in [-0.2, 0) is 10.0 Å². The van der Waals surface area contributed by atoms with Crippen molar-refractivity contribution in [3.05, 3.63) is 71.2 Å². The Morgan fingerprint density at radius 2 is 1.52 bits per heavy atom. The lowest BCUT2D eigenvalue weighted by molar-refractivity contribution is 0.358. The van der Waals surface area contributed by atoms with Crippen LogP contribution in [0.5, 0.6) is 0 Å². The summed E-state index contributed by atoms with van der Waals surface area (Å²) in [6.07, 6.45) is 2.16. The van der Waals surface area contributed by atoms with E-state index in [1.165, 1.54) is 36.9 Å². The van der Waals surface area contributed by atoms with Gasteiger partial charge in [0, 0.05) is 11.4 Å². The van der Waals surface area contributed by atoms with Gasteiger partial charge < -0.3 is 15.1 Å². The molecule has 0 saturated heterocycles. The van der Waals surface area contributed by atoms with Crippen molar-refractivity contribution in [2.45, 2.75) is 11.1 Å². The second-order valence-corrected chi connectivity index (χ2v) is 7.95. The van der Waals surface area contributed by atoms with E-state index >= 15 is 0 Å². The number of hydrogen-bond donors (Lipinski definition) is 2. The van der Waals surface area contributed by atoms with Crippen molar-refractivity contribution in [2.24, 2.45) is 10.7 Å². The average molecular weight is 458 g/mol. The summed E-state index contributed by atoms with van der Waals surface area (Å²) in [6, 6.07) is 6.88. The van der Waals surface area contributed by atoms with Crippen LogP contribution in [0.3, 0.4) is 0 Å². The number of halogens is 5. The molecule has 2 heterocycles.